The summed E-state index contributed by atoms with van der Waals surface area (Å²) in [5.41, 5.74) is 7.45. The van der Waals surface area contributed by atoms with Crippen LogP contribution in [0.5, 0.6) is 0 Å². The molecule has 0 saturated carbocycles. The van der Waals surface area contributed by atoms with Gasteiger partial charge in [0.2, 0.25) is 5.91 Å². The average molecular weight is 302 g/mol. The molecule has 2 rings (SSSR count). The summed E-state index contributed by atoms with van der Waals surface area (Å²) in [5, 5.41) is 11.1. The number of primary amides is 1. The van der Waals surface area contributed by atoms with E-state index in [0.29, 0.717) is 4.90 Å². The first kappa shape index (κ1) is 15.1. The molecule has 0 unspecified atom stereocenters. The van der Waals surface area contributed by atoms with Crippen LogP contribution in [0.4, 0.5) is 5.69 Å². The lowest BCUT2D eigenvalue weighted by atomic mass is 10.1. The number of nitro groups is 1. The second-order valence-corrected chi connectivity index (χ2v) is 5.77. The molecule has 0 bridgehead atoms. The lowest BCUT2D eigenvalue weighted by molar-refractivity contribution is -0.387. The Morgan fingerprint density at radius 3 is 2.43 bits per heavy atom. The minimum Gasteiger partial charge on any atom is -0.366 e. The van der Waals surface area contributed by atoms with E-state index in [1.165, 1.54) is 23.9 Å². The quantitative estimate of drug-likeness (QED) is 0.692. The smallest absolute Gasteiger partial charge is 0.284 e. The van der Waals surface area contributed by atoms with Crippen LogP contribution in [-0.2, 0) is 0 Å². The fraction of sp³-hybridized carbons (Fsp3) is 0.133. The van der Waals surface area contributed by atoms with E-state index in [1.807, 2.05) is 32.0 Å². The zero-order chi connectivity index (χ0) is 15.6. The molecule has 0 aliphatic carbocycles. The lowest BCUT2D eigenvalue weighted by Crippen LogP contribution is -2.11. The molecule has 0 aliphatic heterocycles. The predicted molar refractivity (Wildman–Crippen MR) is 81.7 cm³/mol. The van der Waals surface area contributed by atoms with E-state index in [1.54, 1.807) is 6.07 Å². The molecule has 2 aromatic rings. The van der Waals surface area contributed by atoms with E-state index < -0.39 is 10.8 Å². The maximum atomic E-state index is 11.1. The number of nitrogens with zero attached hydrogens (tertiary/aromatic N) is 1. The molecule has 0 fully saturated rings. The van der Waals surface area contributed by atoms with E-state index in [9.17, 15) is 14.9 Å². The highest BCUT2D eigenvalue weighted by Crippen LogP contribution is 2.35. The van der Waals surface area contributed by atoms with Crippen molar-refractivity contribution in [1.29, 1.82) is 0 Å². The van der Waals surface area contributed by atoms with Crippen molar-refractivity contribution in [2.24, 2.45) is 5.73 Å². The normalized spacial score (nSPS) is 10.4. The van der Waals surface area contributed by atoms with Gasteiger partial charge in [0.25, 0.3) is 5.69 Å². The Bertz CT molecular complexity index is 729. The van der Waals surface area contributed by atoms with Gasteiger partial charge in [0.15, 0.2) is 0 Å². The van der Waals surface area contributed by atoms with Crippen LogP contribution in [0.25, 0.3) is 0 Å². The predicted octanol–water partition coefficient (Wildman–Crippen LogP) is 3.46. The summed E-state index contributed by atoms with van der Waals surface area (Å²) in [6.07, 6.45) is 0. The van der Waals surface area contributed by atoms with E-state index in [2.05, 4.69) is 0 Å². The Morgan fingerprint density at radius 2 is 1.86 bits per heavy atom. The topological polar surface area (TPSA) is 86.2 Å². The Kier molecular flexibility index (Phi) is 4.28. The molecule has 108 valence electrons. The van der Waals surface area contributed by atoms with Crippen molar-refractivity contribution in [2.75, 3.05) is 0 Å². The van der Waals surface area contributed by atoms with Gasteiger partial charge in [0, 0.05) is 16.5 Å². The highest BCUT2D eigenvalue weighted by atomic mass is 32.2. The number of benzene rings is 2. The molecular formula is C15H14N2O3S. The second kappa shape index (κ2) is 5.97. The number of hydrogen-bond acceptors (Lipinski definition) is 4. The molecule has 0 heterocycles. The molecule has 2 N–H and O–H groups in total. The molecule has 2 aromatic carbocycles. The first-order chi connectivity index (χ1) is 9.88. The zero-order valence-corrected chi connectivity index (χ0v) is 12.4. The van der Waals surface area contributed by atoms with E-state index in [-0.39, 0.29) is 11.3 Å². The molecular weight excluding hydrogens is 288 g/mol. The van der Waals surface area contributed by atoms with Crippen molar-refractivity contribution in [1.82, 2.24) is 0 Å². The molecule has 0 aromatic heterocycles. The van der Waals surface area contributed by atoms with Crippen LogP contribution < -0.4 is 5.73 Å². The molecule has 0 atom stereocenters. The number of carbonyl (C=O) groups excluding carboxylic acids is 1. The third kappa shape index (κ3) is 3.41. The van der Waals surface area contributed by atoms with Crippen LogP contribution in [0, 0.1) is 24.0 Å². The molecule has 6 heteroatoms. The molecule has 5 nitrogen and oxygen atoms in total. The highest BCUT2D eigenvalue weighted by molar-refractivity contribution is 7.99. The number of carbonyl (C=O) groups is 1. The molecule has 1 amide bonds. The van der Waals surface area contributed by atoms with Crippen LogP contribution in [0.15, 0.2) is 46.2 Å². The summed E-state index contributed by atoms with van der Waals surface area (Å²) < 4.78 is 0. The van der Waals surface area contributed by atoms with Gasteiger partial charge >= 0.3 is 0 Å². The molecule has 21 heavy (non-hydrogen) atoms. The summed E-state index contributed by atoms with van der Waals surface area (Å²) in [5.74, 6) is -0.680. The van der Waals surface area contributed by atoms with Gasteiger partial charge in [-0.25, -0.2) is 0 Å². The standard InChI is InChI=1S/C15H14N2O3S/c1-9-3-5-12(7-10(9)2)21-14-6-4-11(15(16)18)8-13(14)17(19)20/h3-8H,1-2H3,(H2,16,18). The Balaban J connectivity index is 2.41. The van der Waals surface area contributed by atoms with Crippen molar-refractivity contribution >= 4 is 23.4 Å². The minimum atomic E-state index is -0.680. The van der Waals surface area contributed by atoms with Crippen LogP contribution in [-0.4, -0.2) is 10.8 Å². The van der Waals surface area contributed by atoms with Gasteiger partial charge in [-0.05, 0) is 49.2 Å². The van der Waals surface area contributed by atoms with Crippen LogP contribution >= 0.6 is 11.8 Å². The summed E-state index contributed by atoms with van der Waals surface area (Å²) in [6, 6.07) is 10.1. The summed E-state index contributed by atoms with van der Waals surface area (Å²) >= 11 is 1.29. The van der Waals surface area contributed by atoms with Crippen LogP contribution in [0.3, 0.4) is 0 Å². The number of rotatable bonds is 4. The second-order valence-electron chi connectivity index (χ2n) is 4.65. The third-order valence-electron chi connectivity index (χ3n) is 3.15. The molecule has 0 saturated heterocycles. The van der Waals surface area contributed by atoms with E-state index in [4.69, 9.17) is 5.73 Å². The molecule has 0 radical (unpaired) electrons. The molecule has 0 spiro atoms. The van der Waals surface area contributed by atoms with Gasteiger partial charge in [-0.15, -0.1) is 0 Å². The maximum absolute atomic E-state index is 11.1. The Morgan fingerprint density at radius 1 is 1.14 bits per heavy atom. The Labute approximate surface area is 126 Å². The zero-order valence-electron chi connectivity index (χ0n) is 11.6. The first-order valence-electron chi connectivity index (χ1n) is 6.22. The van der Waals surface area contributed by atoms with Gasteiger partial charge in [0.1, 0.15) is 0 Å². The van der Waals surface area contributed by atoms with Gasteiger partial charge in [0.05, 0.1) is 9.82 Å². The third-order valence-corrected chi connectivity index (χ3v) is 4.20. The monoisotopic (exact) mass is 302 g/mol. The number of nitro benzene ring substituents is 1. The summed E-state index contributed by atoms with van der Waals surface area (Å²) in [4.78, 5) is 23.2. The highest BCUT2D eigenvalue weighted by Gasteiger charge is 2.17. The van der Waals surface area contributed by atoms with Crippen molar-refractivity contribution in [3.05, 3.63) is 63.2 Å². The lowest BCUT2D eigenvalue weighted by Gasteiger charge is -2.06. The number of amides is 1. The maximum Gasteiger partial charge on any atom is 0.284 e. The van der Waals surface area contributed by atoms with Crippen LogP contribution in [0.2, 0.25) is 0 Å². The summed E-state index contributed by atoms with van der Waals surface area (Å²) in [7, 11) is 0. The number of hydrogen-bond donors (Lipinski definition) is 1. The summed E-state index contributed by atoms with van der Waals surface area (Å²) in [6.45, 7) is 4.00. The van der Waals surface area contributed by atoms with Crippen molar-refractivity contribution in [2.45, 2.75) is 23.6 Å². The van der Waals surface area contributed by atoms with E-state index >= 15 is 0 Å². The van der Waals surface area contributed by atoms with Crippen LogP contribution in [0.1, 0.15) is 21.5 Å². The number of aryl methyl sites for hydroxylation is 2. The largest absolute Gasteiger partial charge is 0.366 e. The molecule has 0 aliphatic rings. The first-order valence-corrected chi connectivity index (χ1v) is 7.03. The van der Waals surface area contributed by atoms with Crippen molar-refractivity contribution < 1.29 is 9.72 Å². The minimum absolute atomic E-state index is 0.116. The average Bonchev–Trinajstić information content (AvgIpc) is 2.43. The van der Waals surface area contributed by atoms with Gasteiger partial charge in [-0.3, -0.25) is 14.9 Å². The van der Waals surface area contributed by atoms with Crippen molar-refractivity contribution in [3.8, 4) is 0 Å². The fourth-order valence-electron chi connectivity index (χ4n) is 1.80. The van der Waals surface area contributed by atoms with Gasteiger partial charge < -0.3 is 5.73 Å². The van der Waals surface area contributed by atoms with Gasteiger partial charge in [-0.1, -0.05) is 17.8 Å². The number of nitrogens with two attached hydrogens (primary N) is 1. The van der Waals surface area contributed by atoms with Crippen molar-refractivity contribution in [3.63, 3.8) is 0 Å². The van der Waals surface area contributed by atoms with Gasteiger partial charge in [-0.2, -0.15) is 0 Å². The van der Waals surface area contributed by atoms with E-state index in [0.717, 1.165) is 16.0 Å². The SMILES string of the molecule is Cc1ccc(Sc2ccc(C(N)=O)cc2[N+](=O)[O-])cc1C. The Hall–Kier alpha value is -2.34. The fourth-order valence-corrected chi connectivity index (χ4v) is 2.80.